The molecule has 0 radical (unpaired) electrons. The van der Waals surface area contributed by atoms with E-state index in [-0.39, 0.29) is 41.0 Å². The van der Waals surface area contributed by atoms with E-state index in [9.17, 15) is 24.3 Å². The van der Waals surface area contributed by atoms with E-state index in [1.54, 1.807) is 19.1 Å². The first-order valence-corrected chi connectivity index (χ1v) is 12.7. The number of nitrogens with zero attached hydrogens (tertiary/aromatic N) is 1. The molecule has 0 saturated heterocycles. The summed E-state index contributed by atoms with van der Waals surface area (Å²) in [6.07, 6.45) is 5.03. The van der Waals surface area contributed by atoms with Crippen molar-refractivity contribution < 1.29 is 33.8 Å². The number of benzene rings is 1. The summed E-state index contributed by atoms with van der Waals surface area (Å²) in [6.45, 7) is 8.90. The van der Waals surface area contributed by atoms with Crippen molar-refractivity contribution in [3.63, 3.8) is 0 Å². The minimum atomic E-state index is -0.934. The Bertz CT molecular complexity index is 1220. The number of aldehydes is 1. The average Bonchev–Trinajstić information content (AvgIpc) is 3.78. The highest BCUT2D eigenvalue weighted by Gasteiger charge is 2.26. The van der Waals surface area contributed by atoms with Gasteiger partial charge in [0.2, 0.25) is 6.79 Å². The highest BCUT2D eigenvalue weighted by Crippen LogP contribution is 2.31. The molecule has 1 saturated carbocycles. The SMILES string of the molecule is C=Cc1cc(C=O)c(-c2ccc(C(=O)NCC3CC3)nc2C(=O)OCOC(=O)[C@@H](C)[C@@H](C)CC)cc1CO. The fourth-order valence-electron chi connectivity index (χ4n) is 3.87. The Labute approximate surface area is 222 Å². The van der Waals surface area contributed by atoms with Gasteiger partial charge in [-0.05, 0) is 65.6 Å². The number of carbonyl (C=O) groups excluding carboxylic acids is 4. The molecule has 2 N–H and O–H groups in total. The van der Waals surface area contributed by atoms with E-state index in [0.717, 1.165) is 19.3 Å². The van der Waals surface area contributed by atoms with Crippen LogP contribution in [0.1, 0.15) is 82.5 Å². The predicted molar refractivity (Wildman–Crippen MR) is 141 cm³/mol. The number of ether oxygens (including phenoxy) is 2. The summed E-state index contributed by atoms with van der Waals surface area (Å²) in [5.74, 6) is -1.70. The second kappa shape index (κ2) is 13.1. The van der Waals surface area contributed by atoms with Crippen molar-refractivity contribution in [2.24, 2.45) is 17.8 Å². The molecule has 1 fully saturated rings. The van der Waals surface area contributed by atoms with Gasteiger partial charge in [-0.2, -0.15) is 0 Å². The fourth-order valence-corrected chi connectivity index (χ4v) is 3.87. The molecule has 1 aliphatic rings. The molecular weight excluding hydrogens is 488 g/mol. The van der Waals surface area contributed by atoms with Gasteiger partial charge >= 0.3 is 11.9 Å². The zero-order valence-electron chi connectivity index (χ0n) is 22.0. The summed E-state index contributed by atoms with van der Waals surface area (Å²) in [5.41, 5.74) is 1.59. The number of esters is 2. The molecule has 1 aliphatic carbocycles. The van der Waals surface area contributed by atoms with E-state index in [1.165, 1.54) is 18.2 Å². The number of pyridine rings is 1. The largest absolute Gasteiger partial charge is 0.428 e. The summed E-state index contributed by atoms with van der Waals surface area (Å²) >= 11 is 0. The molecule has 0 spiro atoms. The lowest BCUT2D eigenvalue weighted by Crippen LogP contribution is -2.27. The van der Waals surface area contributed by atoms with Crippen LogP contribution < -0.4 is 5.32 Å². The van der Waals surface area contributed by atoms with Gasteiger partial charge in [0, 0.05) is 17.7 Å². The van der Waals surface area contributed by atoms with Gasteiger partial charge < -0.3 is 19.9 Å². The third kappa shape index (κ3) is 6.92. The first-order valence-electron chi connectivity index (χ1n) is 12.7. The number of aliphatic hydroxyl groups excluding tert-OH is 1. The Balaban J connectivity index is 1.94. The number of amides is 1. The van der Waals surface area contributed by atoms with Gasteiger partial charge in [0.25, 0.3) is 5.91 Å². The molecular formula is C29H34N2O7. The summed E-state index contributed by atoms with van der Waals surface area (Å²) in [4.78, 5) is 54.3. The number of carbonyl (C=O) groups is 4. The predicted octanol–water partition coefficient (Wildman–Crippen LogP) is 4.18. The topological polar surface area (TPSA) is 132 Å². The highest BCUT2D eigenvalue weighted by atomic mass is 16.7. The first kappa shape index (κ1) is 28.7. The van der Waals surface area contributed by atoms with Crippen LogP contribution in [-0.2, 0) is 20.9 Å². The van der Waals surface area contributed by atoms with Crippen molar-refractivity contribution >= 4 is 30.2 Å². The van der Waals surface area contributed by atoms with E-state index in [4.69, 9.17) is 9.47 Å². The second-order valence-electron chi connectivity index (χ2n) is 9.55. The number of aliphatic hydroxyl groups is 1. The van der Waals surface area contributed by atoms with Crippen LogP contribution in [0.4, 0.5) is 0 Å². The highest BCUT2D eigenvalue weighted by molar-refractivity contribution is 6.01. The third-order valence-electron chi connectivity index (χ3n) is 6.95. The minimum absolute atomic E-state index is 0.00137. The molecule has 3 rings (SSSR count). The van der Waals surface area contributed by atoms with Crippen molar-refractivity contribution in [1.82, 2.24) is 10.3 Å². The summed E-state index contributed by atoms with van der Waals surface area (Å²) in [5, 5.41) is 12.6. The van der Waals surface area contributed by atoms with Gasteiger partial charge in [0.15, 0.2) is 12.0 Å². The maximum Gasteiger partial charge on any atom is 0.360 e. The molecule has 1 heterocycles. The Morgan fingerprint density at radius 3 is 2.50 bits per heavy atom. The van der Waals surface area contributed by atoms with E-state index < -0.39 is 24.6 Å². The molecule has 2 aromatic rings. The normalized spacial score (nSPS) is 14.2. The van der Waals surface area contributed by atoms with Crippen molar-refractivity contribution in [1.29, 1.82) is 0 Å². The Kier molecular flexibility index (Phi) is 9.90. The van der Waals surface area contributed by atoms with Crippen LogP contribution in [0.15, 0.2) is 30.8 Å². The monoisotopic (exact) mass is 522 g/mol. The summed E-state index contributed by atoms with van der Waals surface area (Å²) in [6, 6.07) is 6.07. The molecule has 1 aromatic carbocycles. The number of hydrogen-bond donors (Lipinski definition) is 2. The molecule has 0 aliphatic heterocycles. The number of nitrogens with one attached hydrogen (secondary N) is 1. The summed E-state index contributed by atoms with van der Waals surface area (Å²) < 4.78 is 10.3. The maximum absolute atomic E-state index is 13.1. The Morgan fingerprint density at radius 2 is 1.89 bits per heavy atom. The molecule has 38 heavy (non-hydrogen) atoms. The summed E-state index contributed by atoms with van der Waals surface area (Å²) in [7, 11) is 0. The van der Waals surface area contributed by atoms with Crippen LogP contribution in [0.25, 0.3) is 17.2 Å². The minimum Gasteiger partial charge on any atom is -0.428 e. The lowest BCUT2D eigenvalue weighted by molar-refractivity contribution is -0.158. The molecule has 0 bridgehead atoms. The van der Waals surface area contributed by atoms with Gasteiger partial charge in [-0.1, -0.05) is 39.8 Å². The fraction of sp³-hybridized carbons (Fsp3) is 0.414. The Morgan fingerprint density at radius 1 is 1.16 bits per heavy atom. The third-order valence-corrected chi connectivity index (χ3v) is 6.95. The zero-order chi connectivity index (χ0) is 27.8. The number of rotatable bonds is 13. The van der Waals surface area contributed by atoms with Gasteiger partial charge in [-0.25, -0.2) is 9.78 Å². The van der Waals surface area contributed by atoms with E-state index in [0.29, 0.717) is 35.4 Å². The van der Waals surface area contributed by atoms with Crippen LogP contribution in [0.3, 0.4) is 0 Å². The second-order valence-corrected chi connectivity index (χ2v) is 9.55. The zero-order valence-corrected chi connectivity index (χ0v) is 22.0. The van der Waals surface area contributed by atoms with Gasteiger partial charge in [-0.15, -0.1) is 0 Å². The van der Waals surface area contributed by atoms with Crippen molar-refractivity contribution in [3.05, 3.63) is 58.9 Å². The first-order chi connectivity index (χ1) is 18.2. The standard InChI is InChI=1S/C29H34N2O7/c1-5-17(3)18(4)28(35)37-16-38-29(36)26-23(9-10-25(31-26)27(34)30-13-19-7-8-19)24-12-21(14-32)20(6-2)11-22(24)15-33/h6,9-12,15,17-19,32H,2,5,7-8,13-14,16H2,1,3-4H3,(H,30,34)/t17-,18-/m0/s1. The van der Waals surface area contributed by atoms with E-state index >= 15 is 0 Å². The van der Waals surface area contributed by atoms with Crippen LogP contribution in [0, 0.1) is 17.8 Å². The smallest absolute Gasteiger partial charge is 0.360 e. The van der Waals surface area contributed by atoms with Gasteiger partial charge in [0.1, 0.15) is 5.69 Å². The molecule has 0 unspecified atom stereocenters. The van der Waals surface area contributed by atoms with Gasteiger partial charge in [-0.3, -0.25) is 14.4 Å². The quantitative estimate of drug-likeness (QED) is 0.228. The molecule has 9 heteroatoms. The van der Waals surface area contributed by atoms with Crippen molar-refractivity contribution in [3.8, 4) is 11.1 Å². The van der Waals surface area contributed by atoms with Crippen molar-refractivity contribution in [2.45, 2.75) is 46.6 Å². The van der Waals surface area contributed by atoms with Crippen LogP contribution in [0.2, 0.25) is 0 Å². The van der Waals surface area contributed by atoms with Crippen LogP contribution in [-0.4, -0.2) is 47.6 Å². The number of hydrogen-bond acceptors (Lipinski definition) is 8. The Hall–Kier alpha value is -3.85. The molecule has 9 nitrogen and oxygen atoms in total. The van der Waals surface area contributed by atoms with Crippen LogP contribution in [0.5, 0.6) is 0 Å². The van der Waals surface area contributed by atoms with E-state index in [2.05, 4.69) is 16.9 Å². The molecule has 202 valence electrons. The number of aromatic nitrogens is 1. The molecule has 1 amide bonds. The lowest BCUT2D eigenvalue weighted by atomic mass is 9.93. The van der Waals surface area contributed by atoms with Crippen molar-refractivity contribution in [2.75, 3.05) is 13.3 Å². The molecule has 2 atom stereocenters. The molecule has 1 aromatic heterocycles. The van der Waals surface area contributed by atoms with Gasteiger partial charge in [0.05, 0.1) is 12.5 Å². The van der Waals surface area contributed by atoms with Crippen LogP contribution >= 0.6 is 0 Å². The lowest BCUT2D eigenvalue weighted by Gasteiger charge is -2.17. The maximum atomic E-state index is 13.1. The van der Waals surface area contributed by atoms with E-state index in [1.807, 2.05) is 13.8 Å². The average molecular weight is 523 g/mol.